The van der Waals surface area contributed by atoms with Crippen molar-refractivity contribution in [2.45, 2.75) is 25.0 Å². The smallest absolute Gasteiger partial charge is 0.308 e. The van der Waals surface area contributed by atoms with Crippen LogP contribution >= 0.6 is 0 Å². The van der Waals surface area contributed by atoms with Gasteiger partial charge in [-0.05, 0) is 12.8 Å². The molecule has 0 saturated carbocycles. The number of ether oxygens (including phenoxy) is 3. The van der Waals surface area contributed by atoms with Gasteiger partial charge >= 0.3 is 5.97 Å². The van der Waals surface area contributed by atoms with Crippen LogP contribution in [0.5, 0.6) is 0 Å². The van der Waals surface area contributed by atoms with Crippen molar-refractivity contribution in [2.24, 2.45) is 5.92 Å². The molecule has 0 N–H and O–H groups in total. The van der Waals surface area contributed by atoms with E-state index < -0.39 is 0 Å². The number of hydrogen-bond acceptors (Lipinski definition) is 4. The Morgan fingerprint density at radius 2 is 1.85 bits per heavy atom. The lowest BCUT2D eigenvalue weighted by Crippen LogP contribution is -2.20. The molecule has 2 saturated heterocycles. The van der Waals surface area contributed by atoms with Gasteiger partial charge in [0.05, 0.1) is 38.4 Å². The van der Waals surface area contributed by atoms with Crippen molar-refractivity contribution in [3.05, 3.63) is 0 Å². The van der Waals surface area contributed by atoms with E-state index in [-0.39, 0.29) is 24.1 Å². The molecule has 2 heterocycles. The van der Waals surface area contributed by atoms with Crippen LogP contribution in [0.25, 0.3) is 0 Å². The van der Waals surface area contributed by atoms with E-state index >= 15 is 0 Å². The maximum atomic E-state index is 11.3. The summed E-state index contributed by atoms with van der Waals surface area (Å²) >= 11 is 0. The highest BCUT2D eigenvalue weighted by atomic mass is 16.6. The summed E-state index contributed by atoms with van der Waals surface area (Å²) in [4.78, 5) is 11.3. The Morgan fingerprint density at radius 3 is 2.15 bits per heavy atom. The first-order valence-corrected chi connectivity index (χ1v) is 4.60. The van der Waals surface area contributed by atoms with Crippen molar-refractivity contribution in [1.29, 1.82) is 0 Å². The Kier molecular flexibility index (Phi) is 2.51. The third kappa shape index (κ3) is 2.67. The minimum absolute atomic E-state index is 0.0370. The Bertz CT molecular complexity index is 182. The van der Waals surface area contributed by atoms with Crippen molar-refractivity contribution in [2.75, 3.05) is 20.3 Å². The van der Waals surface area contributed by atoms with E-state index in [1.807, 2.05) is 0 Å². The molecule has 4 nitrogen and oxygen atoms in total. The monoisotopic (exact) mass is 186 g/mol. The molecular weight excluding hydrogens is 172 g/mol. The second kappa shape index (κ2) is 3.64. The minimum Gasteiger partial charge on any atom is -0.469 e. The number of hydrogen-bond donors (Lipinski definition) is 0. The zero-order valence-corrected chi connectivity index (χ0v) is 7.69. The summed E-state index contributed by atoms with van der Waals surface area (Å²) in [5.41, 5.74) is 0. The van der Waals surface area contributed by atoms with E-state index in [2.05, 4.69) is 0 Å². The summed E-state index contributed by atoms with van der Waals surface area (Å²) in [6.45, 7) is 1.58. The molecular formula is C9H14O4. The first kappa shape index (κ1) is 8.97. The van der Waals surface area contributed by atoms with Gasteiger partial charge in [0.25, 0.3) is 0 Å². The van der Waals surface area contributed by atoms with Gasteiger partial charge in [-0.2, -0.15) is 0 Å². The van der Waals surface area contributed by atoms with Crippen LogP contribution in [0.15, 0.2) is 0 Å². The zero-order chi connectivity index (χ0) is 9.26. The molecule has 2 atom stereocenters. The van der Waals surface area contributed by atoms with Gasteiger partial charge in [0.2, 0.25) is 0 Å². The molecule has 2 rings (SSSR count). The van der Waals surface area contributed by atoms with Gasteiger partial charge in [0, 0.05) is 0 Å². The molecule has 0 spiro atoms. The predicted molar refractivity (Wildman–Crippen MR) is 44.2 cm³/mol. The van der Waals surface area contributed by atoms with Gasteiger partial charge < -0.3 is 14.2 Å². The summed E-state index contributed by atoms with van der Waals surface area (Å²) < 4.78 is 14.9. The highest BCUT2D eigenvalue weighted by Gasteiger charge is 2.35. The first-order chi connectivity index (χ1) is 6.29. The van der Waals surface area contributed by atoms with Gasteiger partial charge in [-0.3, -0.25) is 4.79 Å². The lowest BCUT2D eigenvalue weighted by atomic mass is 9.98. The number of esters is 1. The van der Waals surface area contributed by atoms with E-state index in [1.54, 1.807) is 0 Å². The van der Waals surface area contributed by atoms with Crippen LogP contribution in [-0.4, -0.2) is 38.5 Å². The minimum atomic E-state index is -0.133. The van der Waals surface area contributed by atoms with Crippen LogP contribution in [0.4, 0.5) is 0 Å². The van der Waals surface area contributed by atoms with Crippen LogP contribution in [0, 0.1) is 5.92 Å². The average molecular weight is 186 g/mol. The molecule has 0 bridgehead atoms. The summed E-state index contributed by atoms with van der Waals surface area (Å²) in [5.74, 6) is -0.170. The van der Waals surface area contributed by atoms with Crippen molar-refractivity contribution >= 4 is 5.97 Å². The highest BCUT2D eigenvalue weighted by Crippen LogP contribution is 2.27. The molecule has 2 aliphatic heterocycles. The Morgan fingerprint density at radius 1 is 1.38 bits per heavy atom. The predicted octanol–water partition coefficient (Wildman–Crippen LogP) is 0.353. The molecule has 4 heteroatoms. The van der Waals surface area contributed by atoms with Gasteiger partial charge in [-0.15, -0.1) is 0 Å². The van der Waals surface area contributed by atoms with Crippen molar-refractivity contribution < 1.29 is 19.0 Å². The van der Waals surface area contributed by atoms with Crippen LogP contribution < -0.4 is 0 Å². The topological polar surface area (TPSA) is 51.4 Å². The molecule has 0 aliphatic carbocycles. The van der Waals surface area contributed by atoms with Gasteiger partial charge in [-0.25, -0.2) is 0 Å². The third-order valence-corrected chi connectivity index (χ3v) is 2.43. The maximum Gasteiger partial charge on any atom is 0.308 e. The third-order valence-electron chi connectivity index (χ3n) is 2.43. The fourth-order valence-electron chi connectivity index (χ4n) is 1.50. The van der Waals surface area contributed by atoms with Gasteiger partial charge in [0.15, 0.2) is 0 Å². The number of methoxy groups -OCH3 is 1. The second-order valence-electron chi connectivity index (χ2n) is 3.60. The van der Waals surface area contributed by atoms with Gasteiger partial charge in [0.1, 0.15) is 0 Å². The first-order valence-electron chi connectivity index (χ1n) is 4.60. The molecule has 13 heavy (non-hydrogen) atoms. The number of rotatable bonds is 5. The zero-order valence-electron chi connectivity index (χ0n) is 7.69. The van der Waals surface area contributed by atoms with Crippen molar-refractivity contribution in [3.8, 4) is 0 Å². The number of carbonyl (C=O) groups is 1. The molecule has 0 radical (unpaired) electrons. The Balaban J connectivity index is 1.80. The summed E-state index contributed by atoms with van der Waals surface area (Å²) in [6.07, 6.45) is 2.13. The highest BCUT2D eigenvalue weighted by molar-refractivity contribution is 5.72. The average Bonchev–Trinajstić information content (AvgIpc) is 2.94. The van der Waals surface area contributed by atoms with Crippen molar-refractivity contribution in [1.82, 2.24) is 0 Å². The van der Waals surface area contributed by atoms with Crippen LogP contribution in [0.3, 0.4) is 0 Å². The SMILES string of the molecule is COC(=O)C(CC1CO1)CC1CO1. The van der Waals surface area contributed by atoms with E-state index in [9.17, 15) is 4.79 Å². The normalized spacial score (nSPS) is 32.4. The maximum absolute atomic E-state index is 11.3. The molecule has 2 fully saturated rings. The Labute approximate surface area is 77.1 Å². The fraction of sp³-hybridized carbons (Fsp3) is 0.889. The number of carbonyl (C=O) groups excluding carboxylic acids is 1. The second-order valence-corrected chi connectivity index (χ2v) is 3.60. The molecule has 0 aromatic carbocycles. The van der Waals surface area contributed by atoms with Crippen LogP contribution in [-0.2, 0) is 19.0 Å². The molecule has 2 unspecified atom stereocenters. The molecule has 0 aromatic heterocycles. The number of epoxide rings is 2. The largest absolute Gasteiger partial charge is 0.469 e. The van der Waals surface area contributed by atoms with E-state index in [1.165, 1.54) is 7.11 Å². The fourth-order valence-corrected chi connectivity index (χ4v) is 1.50. The molecule has 74 valence electrons. The summed E-state index contributed by atoms with van der Waals surface area (Å²) in [7, 11) is 1.43. The van der Waals surface area contributed by atoms with E-state index in [4.69, 9.17) is 14.2 Å². The lowest BCUT2D eigenvalue weighted by molar-refractivity contribution is -0.146. The standard InChI is InChI=1S/C9H14O4/c1-11-9(10)6(2-7-4-12-7)3-8-5-13-8/h6-8H,2-5H2,1H3. The Hall–Kier alpha value is -0.610. The van der Waals surface area contributed by atoms with Crippen molar-refractivity contribution in [3.63, 3.8) is 0 Å². The van der Waals surface area contributed by atoms with Crippen LogP contribution in [0.1, 0.15) is 12.8 Å². The van der Waals surface area contributed by atoms with E-state index in [0.717, 1.165) is 26.1 Å². The molecule has 0 amide bonds. The van der Waals surface area contributed by atoms with E-state index in [0.29, 0.717) is 0 Å². The van der Waals surface area contributed by atoms with Gasteiger partial charge in [-0.1, -0.05) is 0 Å². The quantitative estimate of drug-likeness (QED) is 0.459. The molecule has 2 aliphatic rings. The summed E-state index contributed by atoms with van der Waals surface area (Å²) in [5, 5.41) is 0. The molecule has 0 aromatic rings. The van der Waals surface area contributed by atoms with Crippen LogP contribution in [0.2, 0.25) is 0 Å². The lowest BCUT2D eigenvalue weighted by Gasteiger charge is -2.11. The summed E-state index contributed by atoms with van der Waals surface area (Å²) in [6, 6.07) is 0.